The third kappa shape index (κ3) is 2.99. The second-order valence-corrected chi connectivity index (χ2v) is 5.19. The summed E-state index contributed by atoms with van der Waals surface area (Å²) in [6.45, 7) is 0.125. The molecule has 1 aromatic rings. The van der Waals surface area contributed by atoms with Crippen LogP contribution >= 0.6 is 11.6 Å². The quantitative estimate of drug-likeness (QED) is 0.919. The number of nitrogens with zero attached hydrogens (tertiary/aromatic N) is 2. The van der Waals surface area contributed by atoms with Crippen LogP contribution in [0.5, 0.6) is 0 Å². The number of benzene rings is 1. The van der Waals surface area contributed by atoms with E-state index in [1.807, 2.05) is 11.0 Å². The lowest BCUT2D eigenvalue weighted by Crippen LogP contribution is -2.40. The second kappa shape index (κ2) is 5.94. The van der Waals surface area contributed by atoms with E-state index in [-0.39, 0.29) is 12.6 Å². The Bertz CT molecular complexity index is 518. The molecule has 0 heterocycles. The Morgan fingerprint density at radius 1 is 1.47 bits per heavy atom. The zero-order chi connectivity index (χ0) is 13.8. The van der Waals surface area contributed by atoms with E-state index in [1.165, 1.54) is 0 Å². The fourth-order valence-electron chi connectivity index (χ4n) is 2.66. The van der Waals surface area contributed by atoms with Crippen LogP contribution in [-0.4, -0.2) is 18.5 Å². The SMILES string of the molecule is N#Cc1c(Cl)cccc1N(CC(N)=O)C1CCCC1. The standard InChI is InChI=1S/C14H16ClN3O/c15-12-6-3-7-13(11(12)8-16)18(9-14(17)19)10-4-1-2-5-10/h3,6-7,10H,1-2,4-5,9H2,(H2,17,19). The summed E-state index contributed by atoms with van der Waals surface area (Å²) in [5, 5.41) is 9.66. The highest BCUT2D eigenvalue weighted by molar-refractivity contribution is 6.32. The molecule has 1 aliphatic carbocycles. The topological polar surface area (TPSA) is 70.1 Å². The number of amides is 1. The van der Waals surface area contributed by atoms with E-state index in [2.05, 4.69) is 6.07 Å². The number of carbonyl (C=O) groups excluding carboxylic acids is 1. The molecule has 1 fully saturated rings. The number of hydrogen-bond donors (Lipinski definition) is 1. The summed E-state index contributed by atoms with van der Waals surface area (Å²) >= 11 is 6.05. The molecule has 2 rings (SSSR count). The summed E-state index contributed by atoms with van der Waals surface area (Å²) in [7, 11) is 0. The number of primary amides is 1. The van der Waals surface area contributed by atoms with Crippen LogP contribution in [0.4, 0.5) is 5.69 Å². The van der Waals surface area contributed by atoms with Crippen molar-refractivity contribution in [2.75, 3.05) is 11.4 Å². The molecule has 0 aromatic heterocycles. The molecular formula is C14H16ClN3O. The summed E-state index contributed by atoms with van der Waals surface area (Å²) < 4.78 is 0. The van der Waals surface area contributed by atoms with Gasteiger partial charge in [0.05, 0.1) is 22.8 Å². The van der Waals surface area contributed by atoms with Gasteiger partial charge in [-0.1, -0.05) is 30.5 Å². The van der Waals surface area contributed by atoms with Gasteiger partial charge in [-0.3, -0.25) is 4.79 Å². The minimum Gasteiger partial charge on any atom is -0.368 e. The Labute approximate surface area is 117 Å². The van der Waals surface area contributed by atoms with Crippen molar-refractivity contribution in [3.8, 4) is 6.07 Å². The maximum Gasteiger partial charge on any atom is 0.236 e. The summed E-state index contributed by atoms with van der Waals surface area (Å²) in [6, 6.07) is 7.68. The van der Waals surface area contributed by atoms with Crippen molar-refractivity contribution in [2.24, 2.45) is 5.73 Å². The van der Waals surface area contributed by atoms with Crippen LogP contribution in [-0.2, 0) is 4.79 Å². The molecule has 2 N–H and O–H groups in total. The van der Waals surface area contributed by atoms with Gasteiger partial charge in [0.25, 0.3) is 0 Å². The van der Waals surface area contributed by atoms with Gasteiger partial charge in [-0.2, -0.15) is 5.26 Å². The molecule has 0 unspecified atom stereocenters. The van der Waals surface area contributed by atoms with Crippen LogP contribution in [0.2, 0.25) is 5.02 Å². The van der Waals surface area contributed by atoms with Crippen molar-refractivity contribution in [3.05, 3.63) is 28.8 Å². The van der Waals surface area contributed by atoms with Gasteiger partial charge >= 0.3 is 0 Å². The maximum absolute atomic E-state index is 11.3. The first kappa shape index (κ1) is 13.7. The summed E-state index contributed by atoms with van der Waals surface area (Å²) in [5.41, 5.74) is 6.45. The molecular weight excluding hydrogens is 262 g/mol. The first-order valence-electron chi connectivity index (χ1n) is 6.37. The minimum absolute atomic E-state index is 0.125. The van der Waals surface area contributed by atoms with Crippen LogP contribution in [0.25, 0.3) is 0 Å². The van der Waals surface area contributed by atoms with Crippen LogP contribution in [0.3, 0.4) is 0 Å². The number of rotatable bonds is 4. The molecule has 19 heavy (non-hydrogen) atoms. The molecule has 1 amide bonds. The minimum atomic E-state index is -0.393. The zero-order valence-electron chi connectivity index (χ0n) is 10.6. The predicted octanol–water partition coefficient (Wildman–Crippen LogP) is 2.45. The number of nitrogens with two attached hydrogens (primary N) is 1. The van der Waals surface area contributed by atoms with Crippen molar-refractivity contribution >= 4 is 23.2 Å². The van der Waals surface area contributed by atoms with E-state index < -0.39 is 5.91 Å². The van der Waals surface area contributed by atoms with E-state index in [0.29, 0.717) is 16.3 Å². The fraction of sp³-hybridized carbons (Fsp3) is 0.429. The van der Waals surface area contributed by atoms with Crippen LogP contribution < -0.4 is 10.6 Å². The van der Waals surface area contributed by atoms with E-state index >= 15 is 0 Å². The molecule has 1 aromatic carbocycles. The van der Waals surface area contributed by atoms with Crippen molar-refractivity contribution in [1.29, 1.82) is 5.26 Å². The molecule has 0 radical (unpaired) electrons. The number of anilines is 1. The van der Waals surface area contributed by atoms with Gasteiger partial charge < -0.3 is 10.6 Å². The van der Waals surface area contributed by atoms with Gasteiger partial charge in [0.15, 0.2) is 0 Å². The normalized spacial score (nSPS) is 15.2. The van der Waals surface area contributed by atoms with Gasteiger partial charge in [-0.25, -0.2) is 0 Å². The summed E-state index contributed by atoms with van der Waals surface area (Å²) in [5.74, 6) is -0.393. The molecule has 0 saturated heterocycles. The number of nitriles is 1. The van der Waals surface area contributed by atoms with Gasteiger partial charge in [0.1, 0.15) is 6.07 Å². The molecule has 0 atom stereocenters. The number of hydrogen-bond acceptors (Lipinski definition) is 3. The van der Waals surface area contributed by atoms with Crippen molar-refractivity contribution in [1.82, 2.24) is 0 Å². The van der Waals surface area contributed by atoms with Crippen LogP contribution in [0, 0.1) is 11.3 Å². The second-order valence-electron chi connectivity index (χ2n) is 4.78. The highest BCUT2D eigenvalue weighted by Crippen LogP contribution is 2.32. The Morgan fingerprint density at radius 2 is 2.16 bits per heavy atom. The van der Waals surface area contributed by atoms with Gasteiger partial charge in [-0.15, -0.1) is 0 Å². The largest absolute Gasteiger partial charge is 0.368 e. The number of halogens is 1. The number of carbonyl (C=O) groups is 1. The first-order chi connectivity index (χ1) is 9.13. The highest BCUT2D eigenvalue weighted by Gasteiger charge is 2.26. The lowest BCUT2D eigenvalue weighted by Gasteiger charge is -2.30. The zero-order valence-corrected chi connectivity index (χ0v) is 11.4. The third-order valence-corrected chi connectivity index (χ3v) is 3.82. The molecule has 100 valence electrons. The van der Waals surface area contributed by atoms with Crippen molar-refractivity contribution in [3.63, 3.8) is 0 Å². The monoisotopic (exact) mass is 277 g/mol. The molecule has 0 aliphatic heterocycles. The average Bonchev–Trinajstić information content (AvgIpc) is 2.89. The molecule has 5 heteroatoms. The smallest absolute Gasteiger partial charge is 0.236 e. The lowest BCUT2D eigenvalue weighted by atomic mass is 10.1. The summed E-state index contributed by atoms with van der Waals surface area (Å²) in [4.78, 5) is 13.2. The van der Waals surface area contributed by atoms with E-state index in [9.17, 15) is 10.1 Å². The van der Waals surface area contributed by atoms with E-state index in [1.54, 1.807) is 12.1 Å². The Morgan fingerprint density at radius 3 is 2.74 bits per heavy atom. The summed E-state index contributed by atoms with van der Waals surface area (Å²) in [6.07, 6.45) is 4.32. The average molecular weight is 278 g/mol. The van der Waals surface area contributed by atoms with E-state index in [4.69, 9.17) is 17.3 Å². The molecule has 1 aliphatic rings. The predicted molar refractivity (Wildman–Crippen MR) is 75.0 cm³/mol. The Hall–Kier alpha value is -1.73. The highest BCUT2D eigenvalue weighted by atomic mass is 35.5. The molecule has 1 saturated carbocycles. The first-order valence-corrected chi connectivity index (χ1v) is 6.75. The van der Waals surface area contributed by atoms with Crippen molar-refractivity contribution in [2.45, 2.75) is 31.7 Å². The Kier molecular flexibility index (Phi) is 4.28. The van der Waals surface area contributed by atoms with Crippen LogP contribution in [0.1, 0.15) is 31.2 Å². The molecule has 0 bridgehead atoms. The van der Waals surface area contributed by atoms with Gasteiger partial charge in [0.2, 0.25) is 5.91 Å². The van der Waals surface area contributed by atoms with Gasteiger partial charge in [-0.05, 0) is 25.0 Å². The molecule has 0 spiro atoms. The lowest BCUT2D eigenvalue weighted by molar-refractivity contribution is -0.116. The van der Waals surface area contributed by atoms with Gasteiger partial charge in [0, 0.05) is 6.04 Å². The maximum atomic E-state index is 11.3. The van der Waals surface area contributed by atoms with Crippen LogP contribution in [0.15, 0.2) is 18.2 Å². The van der Waals surface area contributed by atoms with E-state index in [0.717, 1.165) is 25.7 Å². The Balaban J connectivity index is 2.40. The van der Waals surface area contributed by atoms with Crippen molar-refractivity contribution < 1.29 is 4.79 Å². The third-order valence-electron chi connectivity index (χ3n) is 3.50. The fourth-order valence-corrected chi connectivity index (χ4v) is 2.87. The molecule has 4 nitrogen and oxygen atoms in total.